The highest BCUT2D eigenvalue weighted by atomic mass is 79.9. The van der Waals surface area contributed by atoms with Crippen LogP contribution in [0.5, 0.6) is 0 Å². The largest absolute Gasteiger partial charge is 0.317 e. The lowest BCUT2D eigenvalue weighted by atomic mass is 10.1. The summed E-state index contributed by atoms with van der Waals surface area (Å²) in [7, 11) is 1.76. The molecule has 0 aliphatic heterocycles. The third-order valence-corrected chi connectivity index (χ3v) is 2.92. The fourth-order valence-corrected chi connectivity index (χ4v) is 2.17. The molecule has 0 N–H and O–H groups in total. The van der Waals surface area contributed by atoms with Crippen LogP contribution in [0.1, 0.15) is 5.56 Å². The molecule has 1 aromatic carbocycles. The summed E-state index contributed by atoms with van der Waals surface area (Å²) in [5.41, 5.74) is 1.20. The van der Waals surface area contributed by atoms with Gasteiger partial charge in [-0.05, 0) is 28.9 Å². The Bertz CT molecular complexity index is 557. The van der Waals surface area contributed by atoms with E-state index in [2.05, 4.69) is 15.9 Å². The fourth-order valence-electron chi connectivity index (χ4n) is 1.53. The molecular formula is C11H10BrNO. The van der Waals surface area contributed by atoms with Gasteiger partial charge in [-0.3, -0.25) is 4.79 Å². The van der Waals surface area contributed by atoms with Crippen molar-refractivity contribution in [2.24, 2.45) is 7.05 Å². The Hall–Kier alpha value is -1.09. The number of aryl methyl sites for hydroxylation is 2. The van der Waals surface area contributed by atoms with Crippen molar-refractivity contribution < 1.29 is 0 Å². The molecule has 0 spiro atoms. The molecule has 2 rings (SSSR count). The van der Waals surface area contributed by atoms with Crippen LogP contribution in [0.2, 0.25) is 0 Å². The van der Waals surface area contributed by atoms with Crippen LogP contribution in [0.3, 0.4) is 0 Å². The summed E-state index contributed by atoms with van der Waals surface area (Å²) in [4.78, 5) is 11.7. The predicted molar refractivity (Wildman–Crippen MR) is 61.6 cm³/mol. The van der Waals surface area contributed by atoms with Crippen molar-refractivity contribution in [1.82, 2.24) is 4.57 Å². The molecule has 3 heteroatoms. The van der Waals surface area contributed by atoms with E-state index < -0.39 is 0 Å². The molecule has 2 aromatic rings. The molecule has 0 unspecified atom stereocenters. The first-order chi connectivity index (χ1) is 6.59. The molecule has 2 nitrogen and oxygen atoms in total. The molecule has 72 valence electrons. The number of hydrogen-bond donors (Lipinski definition) is 0. The third kappa shape index (κ3) is 1.38. The monoisotopic (exact) mass is 251 g/mol. The van der Waals surface area contributed by atoms with Gasteiger partial charge in [0.15, 0.2) is 0 Å². The Morgan fingerprint density at radius 2 is 2.00 bits per heavy atom. The second-order valence-electron chi connectivity index (χ2n) is 3.44. The van der Waals surface area contributed by atoms with E-state index in [1.54, 1.807) is 17.8 Å². The number of aromatic nitrogens is 1. The summed E-state index contributed by atoms with van der Waals surface area (Å²) in [6.45, 7) is 2.02. The van der Waals surface area contributed by atoms with Gasteiger partial charge in [0.2, 0.25) is 0 Å². The Kier molecular flexibility index (Phi) is 2.19. The van der Waals surface area contributed by atoms with Gasteiger partial charge in [0.1, 0.15) is 0 Å². The summed E-state index contributed by atoms with van der Waals surface area (Å²) < 4.78 is 2.54. The highest BCUT2D eigenvalue weighted by molar-refractivity contribution is 9.10. The normalized spacial score (nSPS) is 10.8. The van der Waals surface area contributed by atoms with Crippen molar-refractivity contribution in [1.29, 1.82) is 0 Å². The summed E-state index contributed by atoms with van der Waals surface area (Å²) >= 11 is 3.46. The van der Waals surface area contributed by atoms with Gasteiger partial charge in [0.05, 0.1) is 0 Å². The van der Waals surface area contributed by atoms with Crippen molar-refractivity contribution in [2.75, 3.05) is 0 Å². The second kappa shape index (κ2) is 3.24. The molecular weight excluding hydrogens is 242 g/mol. The summed E-state index contributed by atoms with van der Waals surface area (Å²) in [6, 6.07) is 5.84. The molecule has 1 heterocycles. The summed E-state index contributed by atoms with van der Waals surface area (Å²) in [5.74, 6) is 0. The van der Waals surface area contributed by atoms with Crippen LogP contribution < -0.4 is 5.56 Å². The smallest absolute Gasteiger partial charge is 0.258 e. The van der Waals surface area contributed by atoms with Crippen molar-refractivity contribution in [3.05, 3.63) is 44.8 Å². The minimum atomic E-state index is 0.0446. The maximum atomic E-state index is 11.7. The minimum Gasteiger partial charge on any atom is -0.317 e. The number of nitrogens with zero attached hydrogens (tertiary/aromatic N) is 1. The first-order valence-corrected chi connectivity index (χ1v) is 5.14. The Morgan fingerprint density at radius 1 is 1.29 bits per heavy atom. The maximum absolute atomic E-state index is 11.7. The van der Waals surface area contributed by atoms with E-state index in [1.807, 2.05) is 25.1 Å². The topological polar surface area (TPSA) is 22.0 Å². The number of benzene rings is 1. The molecule has 0 saturated carbocycles. The first kappa shape index (κ1) is 9.46. The summed E-state index contributed by atoms with van der Waals surface area (Å²) in [5, 5.41) is 1.74. The summed E-state index contributed by atoms with van der Waals surface area (Å²) in [6.07, 6.45) is 1.80. The molecule has 0 bridgehead atoms. The van der Waals surface area contributed by atoms with Crippen LogP contribution in [0.4, 0.5) is 0 Å². The zero-order chi connectivity index (χ0) is 10.3. The van der Waals surface area contributed by atoms with Crippen LogP contribution in [0, 0.1) is 6.92 Å². The standard InChI is InChI=1S/C11H10BrNO/c1-7-3-4-8-9(5-7)10(12)6-13(2)11(8)14/h3-6H,1-2H3. The zero-order valence-corrected chi connectivity index (χ0v) is 9.63. The van der Waals surface area contributed by atoms with Gasteiger partial charge in [-0.2, -0.15) is 0 Å². The third-order valence-electron chi connectivity index (χ3n) is 2.29. The molecule has 1 aromatic heterocycles. The molecule has 14 heavy (non-hydrogen) atoms. The molecule has 0 aliphatic carbocycles. The van der Waals surface area contributed by atoms with Gasteiger partial charge >= 0.3 is 0 Å². The van der Waals surface area contributed by atoms with E-state index in [9.17, 15) is 4.79 Å². The average molecular weight is 252 g/mol. The van der Waals surface area contributed by atoms with Crippen molar-refractivity contribution in [2.45, 2.75) is 6.92 Å². The molecule has 0 fully saturated rings. The molecule has 0 atom stereocenters. The molecule has 0 aliphatic rings. The Labute approximate surface area is 90.3 Å². The van der Waals surface area contributed by atoms with Crippen LogP contribution in [0.25, 0.3) is 10.8 Å². The highest BCUT2D eigenvalue weighted by Gasteiger charge is 2.04. The van der Waals surface area contributed by atoms with E-state index in [-0.39, 0.29) is 5.56 Å². The van der Waals surface area contributed by atoms with Gasteiger partial charge in [-0.25, -0.2) is 0 Å². The van der Waals surface area contributed by atoms with Crippen LogP contribution in [-0.4, -0.2) is 4.57 Å². The number of pyridine rings is 1. The number of rotatable bonds is 0. The zero-order valence-electron chi connectivity index (χ0n) is 8.04. The van der Waals surface area contributed by atoms with E-state index >= 15 is 0 Å². The number of halogens is 1. The molecule has 0 amide bonds. The first-order valence-electron chi connectivity index (χ1n) is 4.35. The number of hydrogen-bond acceptors (Lipinski definition) is 1. The van der Waals surface area contributed by atoms with Crippen molar-refractivity contribution >= 4 is 26.7 Å². The van der Waals surface area contributed by atoms with Crippen molar-refractivity contribution in [3.63, 3.8) is 0 Å². The Balaban J connectivity index is 3.02. The van der Waals surface area contributed by atoms with Crippen LogP contribution in [-0.2, 0) is 7.05 Å². The highest BCUT2D eigenvalue weighted by Crippen LogP contribution is 2.21. The predicted octanol–water partition coefficient (Wildman–Crippen LogP) is 2.61. The maximum Gasteiger partial charge on any atom is 0.258 e. The van der Waals surface area contributed by atoms with E-state index in [0.29, 0.717) is 0 Å². The molecule has 0 saturated heterocycles. The lowest BCUT2D eigenvalue weighted by Gasteiger charge is -2.04. The van der Waals surface area contributed by atoms with Gasteiger partial charge in [0, 0.05) is 28.5 Å². The fraction of sp³-hybridized carbons (Fsp3) is 0.182. The van der Waals surface area contributed by atoms with Crippen LogP contribution in [0.15, 0.2) is 33.7 Å². The minimum absolute atomic E-state index is 0.0446. The van der Waals surface area contributed by atoms with Crippen LogP contribution >= 0.6 is 15.9 Å². The van der Waals surface area contributed by atoms with Gasteiger partial charge in [-0.1, -0.05) is 17.7 Å². The van der Waals surface area contributed by atoms with Gasteiger partial charge < -0.3 is 4.57 Å². The quantitative estimate of drug-likeness (QED) is 0.706. The van der Waals surface area contributed by atoms with Crippen molar-refractivity contribution in [3.8, 4) is 0 Å². The lowest BCUT2D eigenvalue weighted by Crippen LogP contribution is -2.16. The molecule has 0 radical (unpaired) electrons. The second-order valence-corrected chi connectivity index (χ2v) is 4.30. The van der Waals surface area contributed by atoms with E-state index in [4.69, 9.17) is 0 Å². The van der Waals surface area contributed by atoms with E-state index in [1.165, 1.54) is 0 Å². The average Bonchev–Trinajstić information content (AvgIpc) is 2.14. The van der Waals surface area contributed by atoms with E-state index in [0.717, 1.165) is 20.8 Å². The number of fused-ring (bicyclic) bond motifs is 1. The SMILES string of the molecule is Cc1ccc2c(=O)n(C)cc(Br)c2c1. The lowest BCUT2D eigenvalue weighted by molar-refractivity contribution is 0.869. The van der Waals surface area contributed by atoms with Gasteiger partial charge in [0.25, 0.3) is 5.56 Å². The Morgan fingerprint density at radius 3 is 2.71 bits per heavy atom. The van der Waals surface area contributed by atoms with Gasteiger partial charge in [-0.15, -0.1) is 0 Å².